The second-order valence-electron chi connectivity index (χ2n) is 12.3. The van der Waals surface area contributed by atoms with Crippen molar-refractivity contribution < 1.29 is 28.2 Å². The molecule has 3 fully saturated rings. The molecule has 1 aromatic carbocycles. The number of aliphatic hydroxyl groups excluding tert-OH is 1. The Morgan fingerprint density at radius 2 is 2.07 bits per heavy atom. The van der Waals surface area contributed by atoms with Gasteiger partial charge in [0.15, 0.2) is 0 Å². The highest BCUT2D eigenvalue weighted by molar-refractivity contribution is 6.31. The van der Waals surface area contributed by atoms with Gasteiger partial charge in [0.2, 0.25) is 11.8 Å². The lowest BCUT2D eigenvalue weighted by molar-refractivity contribution is -0.148. The van der Waals surface area contributed by atoms with E-state index in [2.05, 4.69) is 10.3 Å². The molecule has 2 aliphatic carbocycles. The summed E-state index contributed by atoms with van der Waals surface area (Å²) >= 11 is 6.69. The lowest BCUT2D eigenvalue weighted by atomic mass is 9.76. The maximum absolute atomic E-state index is 14.2. The van der Waals surface area contributed by atoms with Crippen LogP contribution >= 0.6 is 11.6 Å². The Kier molecular flexibility index (Phi) is 7.46. The van der Waals surface area contributed by atoms with Gasteiger partial charge in [0.05, 0.1) is 18.1 Å². The molecule has 0 bridgehead atoms. The molecule has 12 heteroatoms. The van der Waals surface area contributed by atoms with Crippen molar-refractivity contribution in [2.24, 2.45) is 24.3 Å². The molecule has 9 nitrogen and oxygen atoms in total. The smallest absolute Gasteiger partial charge is 0.282 e. The van der Waals surface area contributed by atoms with Crippen molar-refractivity contribution in [3.63, 3.8) is 0 Å². The Balaban J connectivity index is 1.37. The fourth-order valence-corrected chi connectivity index (χ4v) is 7.40. The Morgan fingerprint density at radius 3 is 2.76 bits per heavy atom. The molecular formula is C29H36ClF2N5O4. The van der Waals surface area contributed by atoms with E-state index in [0.717, 1.165) is 35.9 Å². The van der Waals surface area contributed by atoms with Crippen LogP contribution in [0.3, 0.4) is 0 Å². The number of benzene rings is 1. The Bertz CT molecular complexity index is 1340. The minimum Gasteiger partial charge on any atom is -0.487 e. The summed E-state index contributed by atoms with van der Waals surface area (Å²) in [5.74, 6) is -0.168. The Hall–Kier alpha value is -2.79. The molecule has 2 aromatic rings. The standard InChI is InChI=1S/C29H36ClF2N5O4/c1-16-4-3-5-21(38)24(16)28(40)37-11-8-17-18(30)6-7-22(41-14-19-26(27(31)32)35(2)34-33-19)25(17)20(37)13-36-15-29(9-10-29)12-23(36)39/h6-7,16,20-21,24,27,38H,3-5,8-15H2,1-2H3/t16-,20+,21-,24-/m0/s1. The highest BCUT2D eigenvalue weighted by Gasteiger charge is 2.53. The monoisotopic (exact) mass is 591 g/mol. The van der Waals surface area contributed by atoms with Gasteiger partial charge in [-0.25, -0.2) is 13.5 Å². The summed E-state index contributed by atoms with van der Waals surface area (Å²) in [6, 6.07) is 2.84. The highest BCUT2D eigenvalue weighted by Crippen LogP contribution is 2.54. The van der Waals surface area contributed by atoms with Gasteiger partial charge in [-0.1, -0.05) is 30.2 Å². The number of hydrogen-bond donors (Lipinski definition) is 1. The summed E-state index contributed by atoms with van der Waals surface area (Å²) in [5.41, 5.74) is 1.25. The molecule has 2 saturated carbocycles. The highest BCUT2D eigenvalue weighted by atomic mass is 35.5. The van der Waals surface area contributed by atoms with Crippen molar-refractivity contribution in [1.29, 1.82) is 0 Å². The normalized spacial score (nSPS) is 27.0. The Morgan fingerprint density at radius 1 is 1.29 bits per heavy atom. The number of carbonyl (C=O) groups excluding carboxylic acids is 2. The number of likely N-dealkylation sites (tertiary alicyclic amines) is 1. The van der Waals surface area contributed by atoms with Crippen molar-refractivity contribution in [2.45, 2.75) is 77.0 Å². The third kappa shape index (κ3) is 5.20. The molecule has 1 aromatic heterocycles. The zero-order chi connectivity index (χ0) is 29.1. The molecule has 4 atom stereocenters. The van der Waals surface area contributed by atoms with Gasteiger partial charge < -0.3 is 19.6 Å². The fraction of sp³-hybridized carbons (Fsp3) is 0.655. The number of ether oxygens (including phenoxy) is 1. The number of aryl methyl sites for hydroxylation is 1. The van der Waals surface area contributed by atoms with Crippen LogP contribution in [0.5, 0.6) is 5.75 Å². The molecule has 0 radical (unpaired) electrons. The average molecular weight is 592 g/mol. The molecule has 4 aliphatic rings. The molecule has 3 heterocycles. The van der Waals surface area contributed by atoms with Gasteiger partial charge in [0, 0.05) is 43.7 Å². The topological polar surface area (TPSA) is 101 Å². The van der Waals surface area contributed by atoms with Crippen molar-refractivity contribution in [3.8, 4) is 5.75 Å². The molecule has 222 valence electrons. The number of amides is 2. The first-order valence-corrected chi connectivity index (χ1v) is 14.8. The number of alkyl halides is 2. The van der Waals surface area contributed by atoms with Crippen molar-refractivity contribution >= 4 is 23.4 Å². The first-order valence-electron chi connectivity index (χ1n) is 14.5. The number of halogens is 3. The van der Waals surface area contributed by atoms with Crippen LogP contribution in [0.4, 0.5) is 8.78 Å². The maximum atomic E-state index is 14.2. The average Bonchev–Trinajstić information content (AvgIpc) is 3.45. The molecular weight excluding hydrogens is 556 g/mol. The predicted molar refractivity (Wildman–Crippen MR) is 145 cm³/mol. The van der Waals surface area contributed by atoms with Gasteiger partial charge in [-0.2, -0.15) is 0 Å². The number of carbonyl (C=O) groups is 2. The third-order valence-electron chi connectivity index (χ3n) is 9.60. The minimum absolute atomic E-state index is 0.0240. The van der Waals surface area contributed by atoms with Crippen LogP contribution in [0.2, 0.25) is 5.02 Å². The summed E-state index contributed by atoms with van der Waals surface area (Å²) < 4.78 is 34.5. The van der Waals surface area contributed by atoms with Crippen LogP contribution < -0.4 is 4.74 Å². The number of rotatable bonds is 7. The SMILES string of the molecule is C[C@H]1CCC[C@H](O)[C@H]1C(=O)N1CCc2c(Cl)ccc(OCc3nnn(C)c3C(F)F)c2[C@H]1CN1CC2(CC2)CC1=O. The first-order chi connectivity index (χ1) is 19.6. The number of aromatic nitrogens is 3. The zero-order valence-corrected chi connectivity index (χ0v) is 24.1. The van der Waals surface area contributed by atoms with Gasteiger partial charge in [-0.05, 0) is 61.1 Å². The van der Waals surface area contributed by atoms with E-state index in [1.807, 2.05) is 11.8 Å². The molecule has 2 amide bonds. The fourth-order valence-electron chi connectivity index (χ4n) is 7.14. The lowest BCUT2D eigenvalue weighted by Gasteiger charge is -2.44. The first kappa shape index (κ1) is 28.3. The number of hydrogen-bond acceptors (Lipinski definition) is 6. The maximum Gasteiger partial charge on any atom is 0.282 e. The summed E-state index contributed by atoms with van der Waals surface area (Å²) in [6.07, 6.45) is 1.85. The van der Waals surface area contributed by atoms with Gasteiger partial charge in [0.1, 0.15) is 23.7 Å². The van der Waals surface area contributed by atoms with Crippen molar-refractivity contribution in [3.05, 3.63) is 39.7 Å². The molecule has 2 aliphatic heterocycles. The van der Waals surface area contributed by atoms with E-state index in [4.69, 9.17) is 16.3 Å². The molecule has 1 spiro atoms. The van der Waals surface area contributed by atoms with Crippen LogP contribution in [0.15, 0.2) is 12.1 Å². The largest absolute Gasteiger partial charge is 0.487 e. The number of aliphatic hydroxyl groups is 1. The van der Waals surface area contributed by atoms with Gasteiger partial charge in [-0.15, -0.1) is 5.10 Å². The van der Waals surface area contributed by atoms with E-state index in [9.17, 15) is 23.5 Å². The van der Waals surface area contributed by atoms with Crippen LogP contribution in [0, 0.1) is 17.3 Å². The predicted octanol–water partition coefficient (Wildman–Crippen LogP) is 4.22. The van der Waals surface area contributed by atoms with Crippen LogP contribution in [-0.4, -0.2) is 67.5 Å². The third-order valence-corrected chi connectivity index (χ3v) is 9.95. The van der Waals surface area contributed by atoms with E-state index >= 15 is 0 Å². The summed E-state index contributed by atoms with van der Waals surface area (Å²) in [7, 11) is 1.40. The number of fused-ring (bicyclic) bond motifs is 1. The van der Waals surface area contributed by atoms with Gasteiger partial charge in [0.25, 0.3) is 6.43 Å². The summed E-state index contributed by atoms with van der Waals surface area (Å²) in [5, 5.41) is 19.0. The van der Waals surface area contributed by atoms with Gasteiger partial charge in [-0.3, -0.25) is 9.59 Å². The Labute approximate surface area is 242 Å². The minimum atomic E-state index is -2.77. The van der Waals surface area contributed by atoms with Crippen LogP contribution in [0.1, 0.15) is 80.4 Å². The van der Waals surface area contributed by atoms with E-state index in [1.54, 1.807) is 17.0 Å². The zero-order valence-electron chi connectivity index (χ0n) is 23.4. The van der Waals surface area contributed by atoms with E-state index in [1.165, 1.54) is 7.05 Å². The van der Waals surface area contributed by atoms with Crippen LogP contribution in [0.25, 0.3) is 0 Å². The van der Waals surface area contributed by atoms with E-state index < -0.39 is 24.5 Å². The molecule has 6 rings (SSSR count). The summed E-state index contributed by atoms with van der Waals surface area (Å²) in [4.78, 5) is 30.9. The van der Waals surface area contributed by atoms with Crippen LogP contribution in [-0.2, 0) is 29.7 Å². The van der Waals surface area contributed by atoms with E-state index in [0.29, 0.717) is 48.7 Å². The van der Waals surface area contributed by atoms with Gasteiger partial charge >= 0.3 is 0 Å². The molecule has 1 saturated heterocycles. The second kappa shape index (κ2) is 10.8. The molecule has 41 heavy (non-hydrogen) atoms. The molecule has 1 N–H and O–H groups in total. The lowest BCUT2D eigenvalue weighted by Crippen LogP contribution is -2.51. The van der Waals surface area contributed by atoms with Crippen molar-refractivity contribution in [2.75, 3.05) is 19.6 Å². The quantitative estimate of drug-likeness (QED) is 0.517. The van der Waals surface area contributed by atoms with E-state index in [-0.39, 0.29) is 47.7 Å². The second-order valence-corrected chi connectivity index (χ2v) is 12.7. The van der Waals surface area contributed by atoms with Crippen molar-refractivity contribution in [1.82, 2.24) is 24.8 Å². The molecule has 0 unspecified atom stereocenters. The number of nitrogens with zero attached hydrogens (tertiary/aromatic N) is 5. The summed E-state index contributed by atoms with van der Waals surface area (Å²) in [6.45, 7) is 3.08.